The summed E-state index contributed by atoms with van der Waals surface area (Å²) in [6.07, 6.45) is 0.939. The molecule has 1 aliphatic rings. The number of carbonyl (C=O) groups excluding carboxylic acids is 1. The Kier molecular flexibility index (Phi) is 2.66. The first kappa shape index (κ1) is 9.82. The molecule has 2 N–H and O–H groups in total. The molecular weight excluding hydrogens is 226 g/mol. The molecule has 1 amide bonds. The molecule has 1 heterocycles. The van der Waals surface area contributed by atoms with Crippen LogP contribution in [0.3, 0.4) is 0 Å². The van der Waals surface area contributed by atoms with Gasteiger partial charge in [0.25, 0.3) is 5.91 Å². The third kappa shape index (κ3) is 2.02. The van der Waals surface area contributed by atoms with Crippen molar-refractivity contribution in [2.24, 2.45) is 0 Å². The van der Waals surface area contributed by atoms with Crippen LogP contribution in [-0.2, 0) is 0 Å². The van der Waals surface area contributed by atoms with E-state index < -0.39 is 0 Å². The summed E-state index contributed by atoms with van der Waals surface area (Å²) in [5, 5.41) is 19.1. The summed E-state index contributed by atoms with van der Waals surface area (Å²) in [5.74, 6) is -0.272. The Bertz CT molecular complexity index is 350. The highest BCUT2D eigenvalue weighted by molar-refractivity contribution is 7.17. The van der Waals surface area contributed by atoms with E-state index in [-0.39, 0.29) is 27.5 Å². The van der Waals surface area contributed by atoms with Gasteiger partial charge in [0.05, 0.1) is 6.10 Å². The molecule has 1 aromatic heterocycles. The van der Waals surface area contributed by atoms with Crippen LogP contribution in [0.1, 0.15) is 22.6 Å². The lowest BCUT2D eigenvalue weighted by atomic mass is 9.89. The van der Waals surface area contributed by atoms with Gasteiger partial charge in [-0.2, -0.15) is 0 Å². The zero-order chi connectivity index (χ0) is 10.1. The maximum atomic E-state index is 11.4. The van der Waals surface area contributed by atoms with Crippen molar-refractivity contribution in [1.29, 1.82) is 0 Å². The van der Waals surface area contributed by atoms with Crippen LogP contribution in [0.15, 0.2) is 0 Å². The number of rotatable bonds is 2. The third-order valence-corrected chi connectivity index (χ3v) is 3.06. The van der Waals surface area contributed by atoms with Crippen LogP contribution in [0.5, 0.6) is 0 Å². The summed E-state index contributed by atoms with van der Waals surface area (Å²) in [6, 6.07) is 0.0557. The number of amides is 1. The van der Waals surface area contributed by atoms with Gasteiger partial charge in [-0.05, 0) is 24.4 Å². The minimum atomic E-state index is -0.279. The quantitative estimate of drug-likeness (QED) is 0.778. The maximum absolute atomic E-state index is 11.4. The summed E-state index contributed by atoms with van der Waals surface area (Å²) in [7, 11) is 0. The second-order valence-electron chi connectivity index (χ2n) is 3.16. The van der Waals surface area contributed by atoms with Crippen molar-refractivity contribution < 1.29 is 9.90 Å². The molecule has 1 aliphatic carbocycles. The standard InChI is InChI=1S/C7H8ClN3O2S/c8-7-11-10-6(14-7)5(13)9-3-1-4(12)2-3/h3-4,12H,1-2H2,(H,9,13). The molecule has 0 aromatic carbocycles. The van der Waals surface area contributed by atoms with Gasteiger partial charge in [0.1, 0.15) is 0 Å². The molecular formula is C7H8ClN3O2S. The number of nitrogens with one attached hydrogen (secondary N) is 1. The van der Waals surface area contributed by atoms with Crippen molar-refractivity contribution in [1.82, 2.24) is 15.5 Å². The van der Waals surface area contributed by atoms with E-state index >= 15 is 0 Å². The minimum Gasteiger partial charge on any atom is -0.393 e. The number of carbonyl (C=O) groups is 1. The Labute approximate surface area is 89.1 Å². The van der Waals surface area contributed by atoms with E-state index in [2.05, 4.69) is 15.5 Å². The van der Waals surface area contributed by atoms with Gasteiger partial charge in [-0.15, -0.1) is 10.2 Å². The predicted octanol–water partition coefficient (Wildman–Crippen LogP) is 0.445. The molecule has 5 nitrogen and oxygen atoms in total. The van der Waals surface area contributed by atoms with Gasteiger partial charge in [0.15, 0.2) is 0 Å². The minimum absolute atomic E-state index is 0.0557. The highest BCUT2D eigenvalue weighted by Crippen LogP contribution is 2.21. The molecule has 0 saturated heterocycles. The summed E-state index contributed by atoms with van der Waals surface area (Å²) in [5.41, 5.74) is 0. The average Bonchev–Trinajstić information content (AvgIpc) is 2.49. The van der Waals surface area contributed by atoms with Crippen LogP contribution in [-0.4, -0.2) is 33.4 Å². The van der Waals surface area contributed by atoms with Crippen molar-refractivity contribution >= 4 is 28.8 Å². The van der Waals surface area contributed by atoms with Crippen molar-refractivity contribution in [2.75, 3.05) is 0 Å². The topological polar surface area (TPSA) is 75.1 Å². The van der Waals surface area contributed by atoms with Crippen molar-refractivity contribution in [3.05, 3.63) is 9.47 Å². The predicted molar refractivity (Wildman–Crippen MR) is 51.4 cm³/mol. The number of hydrogen-bond donors (Lipinski definition) is 2. The van der Waals surface area contributed by atoms with Crippen LogP contribution in [0, 0.1) is 0 Å². The van der Waals surface area contributed by atoms with E-state index in [1.165, 1.54) is 0 Å². The Morgan fingerprint density at radius 2 is 2.29 bits per heavy atom. The van der Waals surface area contributed by atoms with E-state index in [9.17, 15) is 4.79 Å². The number of nitrogens with zero attached hydrogens (tertiary/aromatic N) is 2. The third-order valence-electron chi connectivity index (χ3n) is 2.04. The molecule has 1 aromatic rings. The Morgan fingerprint density at radius 3 is 2.79 bits per heavy atom. The number of aliphatic hydroxyl groups excluding tert-OH is 1. The summed E-state index contributed by atoms with van der Waals surface area (Å²) < 4.78 is 0.254. The molecule has 0 unspecified atom stereocenters. The Hall–Kier alpha value is -0.720. The fourth-order valence-electron chi connectivity index (χ4n) is 1.25. The van der Waals surface area contributed by atoms with Gasteiger partial charge >= 0.3 is 0 Å². The van der Waals surface area contributed by atoms with Gasteiger partial charge in [-0.1, -0.05) is 11.3 Å². The number of hydrogen-bond acceptors (Lipinski definition) is 5. The van der Waals surface area contributed by atoms with Gasteiger partial charge in [0, 0.05) is 6.04 Å². The van der Waals surface area contributed by atoms with Crippen molar-refractivity contribution in [3.8, 4) is 0 Å². The summed E-state index contributed by atoms with van der Waals surface area (Å²) in [6.45, 7) is 0. The first-order chi connectivity index (χ1) is 6.65. The SMILES string of the molecule is O=C(NC1CC(O)C1)c1nnc(Cl)s1. The van der Waals surface area contributed by atoms with Gasteiger partial charge < -0.3 is 10.4 Å². The van der Waals surface area contributed by atoms with Crippen LogP contribution in [0.2, 0.25) is 4.47 Å². The Balaban J connectivity index is 1.90. The lowest BCUT2D eigenvalue weighted by Gasteiger charge is -2.31. The zero-order valence-corrected chi connectivity index (χ0v) is 8.68. The number of halogens is 1. The van der Waals surface area contributed by atoms with E-state index in [1.54, 1.807) is 0 Å². The van der Waals surface area contributed by atoms with E-state index in [4.69, 9.17) is 16.7 Å². The number of aromatic nitrogens is 2. The molecule has 7 heteroatoms. The molecule has 2 rings (SSSR count). The normalized spacial score (nSPS) is 25.6. The molecule has 0 radical (unpaired) electrons. The van der Waals surface area contributed by atoms with E-state index in [1.807, 2.05) is 0 Å². The fraction of sp³-hybridized carbons (Fsp3) is 0.571. The van der Waals surface area contributed by atoms with Crippen LogP contribution in [0.4, 0.5) is 0 Å². The smallest absolute Gasteiger partial charge is 0.282 e. The molecule has 0 aliphatic heterocycles. The lowest BCUT2D eigenvalue weighted by Crippen LogP contribution is -2.46. The lowest BCUT2D eigenvalue weighted by molar-refractivity contribution is 0.0562. The zero-order valence-electron chi connectivity index (χ0n) is 7.11. The van der Waals surface area contributed by atoms with E-state index in [0.29, 0.717) is 12.8 Å². The maximum Gasteiger partial charge on any atom is 0.282 e. The van der Waals surface area contributed by atoms with Crippen molar-refractivity contribution in [3.63, 3.8) is 0 Å². The van der Waals surface area contributed by atoms with Gasteiger partial charge in [-0.25, -0.2) is 0 Å². The fourth-order valence-corrected chi connectivity index (χ4v) is 1.98. The molecule has 1 saturated carbocycles. The van der Waals surface area contributed by atoms with Crippen LogP contribution < -0.4 is 5.32 Å². The van der Waals surface area contributed by atoms with Crippen LogP contribution >= 0.6 is 22.9 Å². The summed E-state index contributed by atoms with van der Waals surface area (Å²) >= 11 is 6.58. The highest BCUT2D eigenvalue weighted by atomic mass is 35.5. The van der Waals surface area contributed by atoms with Crippen LogP contribution in [0.25, 0.3) is 0 Å². The van der Waals surface area contributed by atoms with Gasteiger partial charge in [0.2, 0.25) is 9.47 Å². The molecule has 0 spiro atoms. The molecule has 14 heavy (non-hydrogen) atoms. The van der Waals surface area contributed by atoms with Gasteiger partial charge in [-0.3, -0.25) is 4.79 Å². The molecule has 1 fully saturated rings. The van der Waals surface area contributed by atoms with Crippen molar-refractivity contribution in [2.45, 2.75) is 25.0 Å². The first-order valence-corrected chi connectivity index (χ1v) is 5.32. The molecule has 0 atom stereocenters. The first-order valence-electron chi connectivity index (χ1n) is 4.13. The second kappa shape index (κ2) is 3.80. The number of aliphatic hydroxyl groups is 1. The second-order valence-corrected chi connectivity index (χ2v) is 4.72. The summed E-state index contributed by atoms with van der Waals surface area (Å²) in [4.78, 5) is 11.4. The Morgan fingerprint density at radius 1 is 1.57 bits per heavy atom. The monoisotopic (exact) mass is 233 g/mol. The largest absolute Gasteiger partial charge is 0.393 e. The highest BCUT2D eigenvalue weighted by Gasteiger charge is 2.29. The average molecular weight is 234 g/mol. The molecule has 0 bridgehead atoms. The molecule has 76 valence electrons. The van der Waals surface area contributed by atoms with E-state index in [0.717, 1.165) is 11.3 Å².